The summed E-state index contributed by atoms with van der Waals surface area (Å²) < 4.78 is 61.2. The number of aliphatic hydroxyl groups is 1. The molecule has 1 heterocycles. The number of likely N-dealkylation sites (tertiary alicyclic amines) is 1. The average molecular weight is 660 g/mol. The average Bonchev–Trinajstić information content (AvgIpc) is 3.41. The van der Waals surface area contributed by atoms with Crippen LogP contribution < -0.4 is 10.6 Å². The molecule has 0 aromatic heterocycles. The number of aliphatic hydroxyl groups excluding tert-OH is 1. The monoisotopic (exact) mass is 659 g/mol. The van der Waals surface area contributed by atoms with Gasteiger partial charge < -0.3 is 30.5 Å². The normalized spacial score (nSPS) is 17.8. The number of hydrogen-bond acceptors (Lipinski definition) is 6. The number of carboxylic acids is 1. The summed E-state index contributed by atoms with van der Waals surface area (Å²) in [5, 5.41) is 24.3. The molecule has 2 aromatic rings. The summed E-state index contributed by atoms with van der Waals surface area (Å²) in [6.07, 6.45) is -6.81. The van der Waals surface area contributed by atoms with E-state index in [0.29, 0.717) is 22.7 Å². The van der Waals surface area contributed by atoms with Crippen LogP contribution in [-0.2, 0) is 32.1 Å². The Kier molecular flexibility index (Phi) is 12.7. The highest BCUT2D eigenvalue weighted by Crippen LogP contribution is 2.26. The first-order chi connectivity index (χ1) is 21.2. The lowest BCUT2D eigenvalue weighted by Crippen LogP contribution is -2.55. The number of carbonyl (C=O) groups is 4. The molecule has 4 N–H and O–H groups in total. The molecule has 15 heteroatoms. The predicted octanol–water partition coefficient (Wildman–Crippen LogP) is 3.32. The Morgan fingerprint density at radius 1 is 1.11 bits per heavy atom. The Bertz CT molecular complexity index is 1370. The van der Waals surface area contributed by atoms with E-state index in [-0.39, 0.29) is 19.6 Å². The zero-order valence-corrected chi connectivity index (χ0v) is 25.2. The lowest BCUT2D eigenvalue weighted by Gasteiger charge is -2.28. The molecule has 1 fully saturated rings. The van der Waals surface area contributed by atoms with E-state index in [1.165, 1.54) is 0 Å². The fraction of sp³-hybridized carbons (Fsp3) is 0.467. The van der Waals surface area contributed by atoms with Gasteiger partial charge in [0.05, 0.1) is 18.3 Å². The number of carboxylic acid groups (broad SMARTS) is 1. The molecule has 10 nitrogen and oxygen atoms in total. The molecule has 2 aromatic carbocycles. The highest BCUT2D eigenvalue weighted by Gasteiger charge is 2.43. The fourth-order valence-electron chi connectivity index (χ4n) is 4.77. The van der Waals surface area contributed by atoms with Gasteiger partial charge in [0.15, 0.2) is 0 Å². The molecule has 0 spiro atoms. The number of amides is 3. The van der Waals surface area contributed by atoms with E-state index in [1.807, 2.05) is 0 Å². The molecule has 1 saturated heterocycles. The lowest BCUT2D eigenvalue weighted by atomic mass is 10.1. The van der Waals surface area contributed by atoms with Gasteiger partial charge in [-0.1, -0.05) is 43.6 Å². The molecule has 3 amide bonds. The third-order valence-electron chi connectivity index (χ3n) is 7.27. The summed E-state index contributed by atoms with van der Waals surface area (Å²) in [7, 11) is 0. The first kappa shape index (κ1) is 35.7. The van der Waals surface area contributed by atoms with Gasteiger partial charge in [0.2, 0.25) is 18.2 Å². The van der Waals surface area contributed by atoms with Crippen molar-refractivity contribution in [3.8, 4) is 0 Å². The van der Waals surface area contributed by atoms with Crippen LogP contribution in [0.15, 0.2) is 36.4 Å². The molecule has 3 rings (SSSR count). The van der Waals surface area contributed by atoms with E-state index in [0.717, 1.165) is 4.90 Å². The maximum atomic E-state index is 14.2. The Labute approximate surface area is 261 Å². The standard InChI is InChI=1S/C30H34ClF4N3O7/c1-15(2)26(39)29(42)38-13-18(45-14-16-5-3-4-6-20(16)31)11-24(38)28(41)37-23(12-25(34)35)27(40)36-8-7-19-21(32)9-17(30(43)44)10-22(19)33/h3-6,9-10,15,18,23-26,39H,7-8,11-14H2,1-2H3,(H,36,40)(H,37,41)(H,43,44)/t18-,23+,24+,26+/m1/s1. The van der Waals surface area contributed by atoms with Crippen molar-refractivity contribution < 1.29 is 51.7 Å². The minimum atomic E-state index is -3.03. The van der Waals surface area contributed by atoms with Crippen LogP contribution in [0.4, 0.5) is 17.6 Å². The van der Waals surface area contributed by atoms with E-state index in [9.17, 15) is 41.8 Å². The van der Waals surface area contributed by atoms with Gasteiger partial charge in [0.25, 0.3) is 5.91 Å². The highest BCUT2D eigenvalue weighted by atomic mass is 35.5. The topological polar surface area (TPSA) is 145 Å². The van der Waals surface area contributed by atoms with Gasteiger partial charge in [0.1, 0.15) is 29.8 Å². The van der Waals surface area contributed by atoms with Crippen LogP contribution in [0.3, 0.4) is 0 Å². The largest absolute Gasteiger partial charge is 0.478 e. The zero-order valence-electron chi connectivity index (χ0n) is 24.4. The minimum Gasteiger partial charge on any atom is -0.478 e. The van der Waals surface area contributed by atoms with Crippen LogP contribution in [0.25, 0.3) is 0 Å². The Hall–Kier alpha value is -3.75. The Morgan fingerprint density at radius 2 is 1.76 bits per heavy atom. The smallest absolute Gasteiger partial charge is 0.335 e. The number of ether oxygens (including phenoxy) is 1. The number of alkyl halides is 2. The number of nitrogens with zero attached hydrogens (tertiary/aromatic N) is 1. The maximum Gasteiger partial charge on any atom is 0.335 e. The Morgan fingerprint density at radius 3 is 2.33 bits per heavy atom. The van der Waals surface area contributed by atoms with Crippen molar-refractivity contribution >= 4 is 35.3 Å². The summed E-state index contributed by atoms with van der Waals surface area (Å²) >= 11 is 6.18. The molecule has 45 heavy (non-hydrogen) atoms. The number of benzene rings is 2. The highest BCUT2D eigenvalue weighted by molar-refractivity contribution is 6.31. The summed E-state index contributed by atoms with van der Waals surface area (Å²) in [6.45, 7) is 2.71. The van der Waals surface area contributed by atoms with Gasteiger partial charge in [0, 0.05) is 36.5 Å². The van der Waals surface area contributed by atoms with Crippen molar-refractivity contribution in [3.63, 3.8) is 0 Å². The zero-order chi connectivity index (χ0) is 33.4. The molecule has 0 unspecified atom stereocenters. The second kappa shape index (κ2) is 16.0. The van der Waals surface area contributed by atoms with E-state index in [2.05, 4.69) is 10.6 Å². The van der Waals surface area contributed by atoms with Crippen molar-refractivity contribution in [3.05, 3.63) is 69.7 Å². The molecule has 0 saturated carbocycles. The lowest BCUT2D eigenvalue weighted by molar-refractivity contribution is -0.147. The van der Waals surface area contributed by atoms with Gasteiger partial charge >= 0.3 is 5.97 Å². The van der Waals surface area contributed by atoms with Crippen molar-refractivity contribution in [2.75, 3.05) is 13.1 Å². The second-order valence-electron chi connectivity index (χ2n) is 10.9. The number of rotatable bonds is 14. The molecule has 246 valence electrons. The predicted molar refractivity (Wildman–Crippen MR) is 154 cm³/mol. The van der Waals surface area contributed by atoms with Crippen molar-refractivity contribution in [2.24, 2.45) is 5.92 Å². The van der Waals surface area contributed by atoms with Crippen LogP contribution in [0.5, 0.6) is 0 Å². The van der Waals surface area contributed by atoms with Crippen LogP contribution in [0, 0.1) is 17.6 Å². The van der Waals surface area contributed by atoms with Crippen molar-refractivity contribution in [2.45, 2.75) is 70.4 Å². The van der Waals surface area contributed by atoms with Crippen LogP contribution in [0.2, 0.25) is 5.02 Å². The molecular formula is C30H34ClF4N3O7. The third-order valence-corrected chi connectivity index (χ3v) is 7.64. The molecule has 0 radical (unpaired) electrons. The number of carbonyl (C=O) groups excluding carboxylic acids is 3. The van der Waals surface area contributed by atoms with Crippen LogP contribution in [-0.4, -0.2) is 82.6 Å². The summed E-state index contributed by atoms with van der Waals surface area (Å²) in [5.41, 5.74) is -0.492. The van der Waals surface area contributed by atoms with Gasteiger partial charge in [-0.05, 0) is 36.1 Å². The molecule has 1 aliphatic rings. The fourth-order valence-corrected chi connectivity index (χ4v) is 4.96. The van der Waals surface area contributed by atoms with Crippen molar-refractivity contribution in [1.29, 1.82) is 0 Å². The first-order valence-corrected chi connectivity index (χ1v) is 14.5. The van der Waals surface area contributed by atoms with E-state index < -0.39 is 102 Å². The van der Waals surface area contributed by atoms with E-state index >= 15 is 0 Å². The van der Waals surface area contributed by atoms with Gasteiger partial charge in [-0.2, -0.15) is 0 Å². The summed E-state index contributed by atoms with van der Waals surface area (Å²) in [4.78, 5) is 51.3. The van der Waals surface area contributed by atoms with Gasteiger partial charge in [-0.3, -0.25) is 14.4 Å². The van der Waals surface area contributed by atoms with Gasteiger partial charge in [-0.25, -0.2) is 22.4 Å². The van der Waals surface area contributed by atoms with Crippen LogP contribution >= 0.6 is 11.6 Å². The SMILES string of the molecule is CC(C)[C@H](O)C(=O)N1C[C@H](OCc2ccccc2Cl)C[C@H]1C(=O)N[C@@H](CC(F)F)C(=O)NCCc1c(F)cc(C(=O)O)cc1F. The molecule has 4 atom stereocenters. The molecule has 1 aliphatic heterocycles. The van der Waals surface area contributed by atoms with E-state index in [4.69, 9.17) is 21.4 Å². The second-order valence-corrected chi connectivity index (χ2v) is 11.3. The number of hydrogen-bond donors (Lipinski definition) is 4. The van der Waals surface area contributed by atoms with Crippen molar-refractivity contribution in [1.82, 2.24) is 15.5 Å². The quantitative estimate of drug-likeness (QED) is 0.228. The molecule has 0 aliphatic carbocycles. The molecular weight excluding hydrogens is 626 g/mol. The number of halogens is 5. The van der Waals surface area contributed by atoms with E-state index in [1.54, 1.807) is 38.1 Å². The third kappa shape index (κ3) is 9.62. The number of aromatic carboxylic acids is 1. The summed E-state index contributed by atoms with van der Waals surface area (Å²) in [5.74, 6) is -7.17. The first-order valence-electron chi connectivity index (χ1n) is 14.1. The molecule has 0 bridgehead atoms. The number of nitrogens with one attached hydrogen (secondary N) is 2. The maximum absolute atomic E-state index is 14.2. The van der Waals surface area contributed by atoms with Gasteiger partial charge in [-0.15, -0.1) is 0 Å². The summed E-state index contributed by atoms with van der Waals surface area (Å²) in [6, 6.07) is 5.04. The minimum absolute atomic E-state index is 0.0457. The van der Waals surface area contributed by atoms with Crippen LogP contribution in [0.1, 0.15) is 48.2 Å². The Balaban J connectivity index is 1.71.